The highest BCUT2D eigenvalue weighted by Gasteiger charge is 2.29. The Morgan fingerprint density at radius 1 is 1.27 bits per heavy atom. The van der Waals surface area contributed by atoms with E-state index in [4.69, 9.17) is 4.74 Å². The molecule has 0 aliphatic carbocycles. The summed E-state index contributed by atoms with van der Waals surface area (Å²) in [6, 6.07) is 6.93. The van der Waals surface area contributed by atoms with E-state index in [1.807, 2.05) is 12.4 Å². The van der Waals surface area contributed by atoms with Crippen LogP contribution in [0.25, 0.3) is 0 Å². The summed E-state index contributed by atoms with van der Waals surface area (Å²) < 4.78 is 8.16. The standard InChI is InChI=1S/C21H30N4O/c1-24-10-3-5-17-13-16(7-8-19(17)24)14-22-15-18-6-4-12-26-20(18)21-23-9-11-25(21)2/h7-9,11,13,18,20,22H,3-6,10,12,14-15H2,1-2H3/t18-,20+/m0/s1. The van der Waals surface area contributed by atoms with Crippen molar-refractivity contribution in [1.82, 2.24) is 14.9 Å². The zero-order valence-electron chi connectivity index (χ0n) is 15.9. The highest BCUT2D eigenvalue weighted by molar-refractivity contribution is 5.56. The fourth-order valence-corrected chi connectivity index (χ4v) is 4.34. The number of aryl methyl sites for hydroxylation is 2. The second kappa shape index (κ2) is 7.80. The number of anilines is 1. The molecule has 1 fully saturated rings. The second-order valence-electron chi connectivity index (χ2n) is 7.71. The molecule has 0 radical (unpaired) electrons. The van der Waals surface area contributed by atoms with Crippen LogP contribution in [0.4, 0.5) is 5.69 Å². The maximum Gasteiger partial charge on any atom is 0.137 e. The largest absolute Gasteiger partial charge is 0.374 e. The van der Waals surface area contributed by atoms with E-state index in [0.717, 1.165) is 31.9 Å². The first kappa shape index (κ1) is 17.6. The van der Waals surface area contributed by atoms with E-state index >= 15 is 0 Å². The van der Waals surface area contributed by atoms with Gasteiger partial charge in [-0.1, -0.05) is 12.1 Å². The van der Waals surface area contributed by atoms with Crippen LogP contribution in [0.5, 0.6) is 0 Å². The molecule has 0 spiro atoms. The summed E-state index contributed by atoms with van der Waals surface area (Å²) in [6.45, 7) is 3.89. The van der Waals surface area contributed by atoms with Crippen molar-refractivity contribution in [2.45, 2.75) is 38.3 Å². The molecule has 5 heteroatoms. The average Bonchev–Trinajstić information content (AvgIpc) is 3.08. The molecule has 2 aliphatic heterocycles. The monoisotopic (exact) mass is 354 g/mol. The van der Waals surface area contributed by atoms with Crippen LogP contribution in [-0.4, -0.2) is 36.3 Å². The van der Waals surface area contributed by atoms with E-state index < -0.39 is 0 Å². The zero-order chi connectivity index (χ0) is 17.9. The normalized spacial score (nSPS) is 23.1. The third-order valence-corrected chi connectivity index (χ3v) is 5.79. The third-order valence-electron chi connectivity index (χ3n) is 5.79. The topological polar surface area (TPSA) is 42.3 Å². The number of nitrogens with one attached hydrogen (secondary N) is 1. The van der Waals surface area contributed by atoms with Gasteiger partial charge in [-0.3, -0.25) is 0 Å². The van der Waals surface area contributed by atoms with Gasteiger partial charge in [0.2, 0.25) is 0 Å². The summed E-state index contributed by atoms with van der Waals surface area (Å²) in [7, 11) is 4.24. The van der Waals surface area contributed by atoms with E-state index in [2.05, 4.69) is 52.1 Å². The van der Waals surface area contributed by atoms with Crippen LogP contribution in [0, 0.1) is 5.92 Å². The molecular formula is C21H30N4O. The van der Waals surface area contributed by atoms with Gasteiger partial charge in [0.15, 0.2) is 0 Å². The molecule has 1 aromatic heterocycles. The number of aromatic nitrogens is 2. The van der Waals surface area contributed by atoms with E-state index in [1.54, 1.807) is 0 Å². The van der Waals surface area contributed by atoms with Crippen LogP contribution in [-0.2, 0) is 24.8 Å². The fraction of sp³-hybridized carbons (Fsp3) is 0.571. The van der Waals surface area contributed by atoms with Gasteiger partial charge in [-0.05, 0) is 42.9 Å². The number of hydrogen-bond acceptors (Lipinski definition) is 4. The zero-order valence-corrected chi connectivity index (χ0v) is 15.9. The lowest BCUT2D eigenvalue weighted by molar-refractivity contribution is -0.0344. The van der Waals surface area contributed by atoms with Crippen molar-refractivity contribution < 1.29 is 4.74 Å². The number of fused-ring (bicyclic) bond motifs is 1. The molecule has 26 heavy (non-hydrogen) atoms. The van der Waals surface area contributed by atoms with E-state index in [-0.39, 0.29) is 6.10 Å². The Morgan fingerprint density at radius 2 is 2.19 bits per heavy atom. The maximum atomic E-state index is 6.08. The summed E-state index contributed by atoms with van der Waals surface area (Å²) in [5, 5.41) is 3.67. The third kappa shape index (κ3) is 3.64. The molecule has 140 valence electrons. The second-order valence-corrected chi connectivity index (χ2v) is 7.71. The van der Waals surface area contributed by atoms with Crippen molar-refractivity contribution >= 4 is 5.69 Å². The summed E-state index contributed by atoms with van der Waals surface area (Å²) in [5.41, 5.74) is 4.27. The minimum Gasteiger partial charge on any atom is -0.374 e. The Hall–Kier alpha value is -1.85. The molecule has 1 N–H and O–H groups in total. The van der Waals surface area contributed by atoms with Gasteiger partial charge in [0.25, 0.3) is 0 Å². The van der Waals surface area contributed by atoms with E-state index in [0.29, 0.717) is 5.92 Å². The van der Waals surface area contributed by atoms with Gasteiger partial charge in [-0.15, -0.1) is 0 Å². The Labute approximate surface area is 156 Å². The van der Waals surface area contributed by atoms with Gasteiger partial charge in [0.05, 0.1) is 0 Å². The Kier molecular flexibility index (Phi) is 5.27. The molecule has 2 atom stereocenters. The molecule has 1 saturated heterocycles. The van der Waals surface area contributed by atoms with Crippen LogP contribution in [0.2, 0.25) is 0 Å². The highest BCUT2D eigenvalue weighted by atomic mass is 16.5. The molecule has 0 bridgehead atoms. The van der Waals surface area contributed by atoms with Crippen molar-refractivity contribution in [3.63, 3.8) is 0 Å². The number of ether oxygens (including phenoxy) is 1. The first-order valence-corrected chi connectivity index (χ1v) is 9.85. The first-order chi connectivity index (χ1) is 12.7. The molecule has 1 aromatic carbocycles. The maximum absolute atomic E-state index is 6.08. The summed E-state index contributed by atoms with van der Waals surface area (Å²) >= 11 is 0. The molecule has 2 aromatic rings. The Balaban J connectivity index is 1.37. The predicted molar refractivity (Wildman–Crippen MR) is 104 cm³/mol. The lowest BCUT2D eigenvalue weighted by Gasteiger charge is -2.31. The minimum absolute atomic E-state index is 0.105. The van der Waals surface area contributed by atoms with Gasteiger partial charge < -0.3 is 19.5 Å². The molecule has 3 heterocycles. The van der Waals surface area contributed by atoms with Crippen LogP contribution in [0.3, 0.4) is 0 Å². The van der Waals surface area contributed by atoms with Crippen LogP contribution < -0.4 is 10.2 Å². The quantitative estimate of drug-likeness (QED) is 0.896. The number of rotatable bonds is 5. The van der Waals surface area contributed by atoms with E-state index in [9.17, 15) is 0 Å². The summed E-state index contributed by atoms with van der Waals surface area (Å²) in [6.07, 6.45) is 8.76. The lowest BCUT2D eigenvalue weighted by Crippen LogP contribution is -2.33. The van der Waals surface area contributed by atoms with Crippen LogP contribution >= 0.6 is 0 Å². The van der Waals surface area contributed by atoms with Gasteiger partial charge in [0, 0.05) is 64.3 Å². The average molecular weight is 354 g/mol. The molecule has 0 unspecified atom stereocenters. The van der Waals surface area contributed by atoms with Gasteiger partial charge in [-0.25, -0.2) is 4.98 Å². The van der Waals surface area contributed by atoms with Crippen molar-refractivity contribution in [3.05, 3.63) is 47.5 Å². The summed E-state index contributed by atoms with van der Waals surface area (Å²) in [4.78, 5) is 6.88. The van der Waals surface area contributed by atoms with E-state index in [1.165, 1.54) is 42.6 Å². The van der Waals surface area contributed by atoms with Crippen LogP contribution in [0.15, 0.2) is 30.6 Å². The van der Waals surface area contributed by atoms with Crippen molar-refractivity contribution in [3.8, 4) is 0 Å². The smallest absolute Gasteiger partial charge is 0.137 e. The lowest BCUT2D eigenvalue weighted by atomic mass is 9.93. The number of imidazole rings is 1. The van der Waals surface area contributed by atoms with Crippen molar-refractivity contribution in [2.75, 3.05) is 31.6 Å². The van der Waals surface area contributed by atoms with Gasteiger partial charge in [0.1, 0.15) is 11.9 Å². The Bertz CT molecular complexity index is 741. The number of hydrogen-bond donors (Lipinski definition) is 1. The molecule has 0 saturated carbocycles. The first-order valence-electron chi connectivity index (χ1n) is 9.85. The minimum atomic E-state index is 0.105. The molecule has 4 rings (SSSR count). The number of nitrogens with zero attached hydrogens (tertiary/aromatic N) is 3. The van der Waals surface area contributed by atoms with Crippen molar-refractivity contribution in [1.29, 1.82) is 0 Å². The van der Waals surface area contributed by atoms with Gasteiger partial charge >= 0.3 is 0 Å². The van der Waals surface area contributed by atoms with Crippen molar-refractivity contribution in [2.24, 2.45) is 13.0 Å². The van der Waals surface area contributed by atoms with Crippen LogP contribution in [0.1, 0.15) is 42.3 Å². The molecular weight excluding hydrogens is 324 g/mol. The molecule has 5 nitrogen and oxygen atoms in total. The predicted octanol–water partition coefficient (Wildman–Crippen LogP) is 3.06. The fourth-order valence-electron chi connectivity index (χ4n) is 4.34. The van der Waals surface area contributed by atoms with Gasteiger partial charge in [-0.2, -0.15) is 0 Å². The summed E-state index contributed by atoms with van der Waals surface area (Å²) in [5.74, 6) is 1.53. The SMILES string of the molecule is CN1CCCc2cc(CNC[C@@H]3CCCO[C@H]3c3nccn3C)ccc21. The Morgan fingerprint density at radius 3 is 3.04 bits per heavy atom. The number of benzene rings is 1. The molecule has 0 amide bonds. The molecule has 2 aliphatic rings. The highest BCUT2D eigenvalue weighted by Crippen LogP contribution is 2.32.